The molecule has 0 bridgehead atoms. The van der Waals surface area contributed by atoms with Crippen LogP contribution in [0.3, 0.4) is 0 Å². The van der Waals surface area contributed by atoms with Gasteiger partial charge in [-0.3, -0.25) is 4.79 Å². The lowest BCUT2D eigenvalue weighted by molar-refractivity contribution is -0.142. The van der Waals surface area contributed by atoms with Gasteiger partial charge in [-0.2, -0.15) is 0 Å². The smallest absolute Gasteiger partial charge is 0.326 e. The van der Waals surface area contributed by atoms with E-state index in [0.717, 1.165) is 22.0 Å². The molecule has 3 aromatic rings. The summed E-state index contributed by atoms with van der Waals surface area (Å²) in [5.41, 5.74) is 2.58. The molecule has 0 saturated carbocycles. The highest BCUT2D eigenvalue weighted by Gasteiger charge is 2.24. The summed E-state index contributed by atoms with van der Waals surface area (Å²) in [7, 11) is 0. The fraction of sp³-hybridized carbons (Fsp3) is 0.273. The first-order valence-electron chi connectivity index (χ1n) is 9.26. The van der Waals surface area contributed by atoms with Gasteiger partial charge >= 0.3 is 5.97 Å². The van der Waals surface area contributed by atoms with Crippen LogP contribution in [0.15, 0.2) is 54.7 Å². The first-order chi connectivity index (χ1) is 13.4. The zero-order valence-electron chi connectivity index (χ0n) is 15.6. The maximum Gasteiger partial charge on any atom is 0.326 e. The van der Waals surface area contributed by atoms with E-state index >= 15 is 0 Å². The van der Waals surface area contributed by atoms with E-state index in [1.807, 2.05) is 30.3 Å². The van der Waals surface area contributed by atoms with Crippen molar-refractivity contribution < 1.29 is 19.1 Å². The van der Waals surface area contributed by atoms with Crippen molar-refractivity contribution in [3.05, 3.63) is 71.7 Å². The number of halogens is 1. The summed E-state index contributed by atoms with van der Waals surface area (Å²) in [5.74, 6) is -2.08. The third-order valence-electron chi connectivity index (χ3n) is 4.92. The van der Waals surface area contributed by atoms with Gasteiger partial charge in [0, 0.05) is 29.4 Å². The van der Waals surface area contributed by atoms with E-state index in [2.05, 4.69) is 10.3 Å². The minimum absolute atomic E-state index is 0.196. The van der Waals surface area contributed by atoms with Crippen LogP contribution in [0, 0.1) is 11.7 Å². The molecule has 28 heavy (non-hydrogen) atoms. The molecule has 146 valence electrons. The second-order valence-electron chi connectivity index (χ2n) is 7.03. The first kappa shape index (κ1) is 19.6. The zero-order chi connectivity index (χ0) is 20.1. The van der Waals surface area contributed by atoms with Gasteiger partial charge in [0.2, 0.25) is 5.91 Å². The van der Waals surface area contributed by atoms with E-state index in [1.165, 1.54) is 12.1 Å². The monoisotopic (exact) mass is 382 g/mol. The highest BCUT2D eigenvalue weighted by atomic mass is 19.1. The van der Waals surface area contributed by atoms with Crippen LogP contribution < -0.4 is 5.32 Å². The molecule has 2 atom stereocenters. The molecule has 3 N–H and O–H groups in total. The van der Waals surface area contributed by atoms with Crippen molar-refractivity contribution in [3.63, 3.8) is 0 Å². The average Bonchev–Trinajstić information content (AvgIpc) is 3.08. The molecule has 0 fully saturated rings. The van der Waals surface area contributed by atoms with Crippen LogP contribution in [-0.4, -0.2) is 28.0 Å². The maximum atomic E-state index is 13.3. The summed E-state index contributed by atoms with van der Waals surface area (Å²) in [4.78, 5) is 27.3. The Morgan fingerprint density at radius 2 is 1.96 bits per heavy atom. The van der Waals surface area contributed by atoms with Gasteiger partial charge in [-0.25, -0.2) is 9.18 Å². The van der Waals surface area contributed by atoms with Gasteiger partial charge in [0.25, 0.3) is 0 Å². The van der Waals surface area contributed by atoms with Crippen LogP contribution in [0.4, 0.5) is 4.39 Å². The molecule has 0 spiro atoms. The second-order valence-corrected chi connectivity index (χ2v) is 7.03. The third kappa shape index (κ3) is 4.76. The van der Waals surface area contributed by atoms with Crippen molar-refractivity contribution in [3.8, 4) is 0 Å². The predicted octanol–water partition coefficient (Wildman–Crippen LogP) is 3.69. The molecule has 0 aliphatic heterocycles. The maximum absolute atomic E-state index is 13.3. The molecule has 6 heteroatoms. The predicted molar refractivity (Wildman–Crippen MR) is 105 cm³/mol. The van der Waals surface area contributed by atoms with Gasteiger partial charge in [-0.05, 0) is 42.2 Å². The Morgan fingerprint density at radius 3 is 2.71 bits per heavy atom. The number of aryl methyl sites for hydroxylation is 1. The Kier molecular flexibility index (Phi) is 6.09. The fourth-order valence-corrected chi connectivity index (χ4v) is 3.24. The summed E-state index contributed by atoms with van der Waals surface area (Å²) in [5, 5.41) is 13.1. The molecule has 0 saturated heterocycles. The number of fused-ring (bicyclic) bond motifs is 1. The first-order valence-corrected chi connectivity index (χ1v) is 9.26. The number of carboxylic acids is 1. The van der Waals surface area contributed by atoms with Crippen molar-refractivity contribution in [1.82, 2.24) is 10.3 Å². The van der Waals surface area contributed by atoms with Gasteiger partial charge in [-0.1, -0.05) is 37.3 Å². The fourth-order valence-electron chi connectivity index (χ4n) is 3.24. The van der Waals surface area contributed by atoms with E-state index in [-0.39, 0.29) is 24.1 Å². The molecule has 2 aromatic carbocycles. The standard InChI is InChI=1S/C22H23FN2O3/c1-14(9-10-15-5-4-6-17(23)11-15)21(26)25-20(22(27)28)12-16-13-24-19-8-3-2-7-18(16)19/h2-8,11,13-14,20,24H,9-10,12H2,1H3,(H,25,26)(H,27,28). The summed E-state index contributed by atoms with van der Waals surface area (Å²) in [6.45, 7) is 1.75. The number of aliphatic carboxylic acids is 1. The van der Waals surface area contributed by atoms with E-state index < -0.39 is 12.0 Å². The Morgan fingerprint density at radius 1 is 1.18 bits per heavy atom. The number of carbonyl (C=O) groups excluding carboxylic acids is 1. The number of carbonyl (C=O) groups is 2. The van der Waals surface area contributed by atoms with E-state index in [0.29, 0.717) is 12.8 Å². The third-order valence-corrected chi connectivity index (χ3v) is 4.92. The lowest BCUT2D eigenvalue weighted by atomic mass is 9.99. The van der Waals surface area contributed by atoms with E-state index in [1.54, 1.807) is 19.2 Å². The number of para-hydroxylation sites is 1. The molecule has 0 aliphatic rings. The summed E-state index contributed by atoms with van der Waals surface area (Å²) in [6, 6.07) is 12.9. The number of nitrogens with one attached hydrogen (secondary N) is 2. The topological polar surface area (TPSA) is 82.2 Å². The molecule has 5 nitrogen and oxygen atoms in total. The summed E-state index contributed by atoms with van der Waals surface area (Å²) < 4.78 is 13.3. The van der Waals surface area contributed by atoms with Crippen LogP contribution in [0.2, 0.25) is 0 Å². The number of benzene rings is 2. The number of hydrogen-bond acceptors (Lipinski definition) is 2. The van der Waals surface area contributed by atoms with Gasteiger partial charge in [0.15, 0.2) is 0 Å². The highest BCUT2D eigenvalue weighted by molar-refractivity contribution is 5.87. The van der Waals surface area contributed by atoms with Gasteiger partial charge < -0.3 is 15.4 Å². The summed E-state index contributed by atoms with van der Waals surface area (Å²) >= 11 is 0. The molecule has 1 aromatic heterocycles. The average molecular weight is 382 g/mol. The number of H-pyrrole nitrogens is 1. The summed E-state index contributed by atoms with van der Waals surface area (Å²) in [6.07, 6.45) is 3.03. The molecule has 3 rings (SSSR count). The number of aromatic nitrogens is 1. The minimum atomic E-state index is -1.07. The number of carboxylic acid groups (broad SMARTS) is 1. The molecule has 0 radical (unpaired) electrons. The lowest BCUT2D eigenvalue weighted by Crippen LogP contribution is -2.44. The molecule has 0 aliphatic carbocycles. The number of aromatic amines is 1. The van der Waals surface area contributed by atoms with Gasteiger partial charge in [-0.15, -0.1) is 0 Å². The van der Waals surface area contributed by atoms with Crippen LogP contribution in [0.1, 0.15) is 24.5 Å². The van der Waals surface area contributed by atoms with Crippen LogP contribution in [0.5, 0.6) is 0 Å². The highest BCUT2D eigenvalue weighted by Crippen LogP contribution is 2.19. The van der Waals surface area contributed by atoms with E-state index in [4.69, 9.17) is 0 Å². The Balaban J connectivity index is 1.61. The molecule has 2 unspecified atom stereocenters. The largest absolute Gasteiger partial charge is 0.480 e. The molecular formula is C22H23FN2O3. The van der Waals surface area contributed by atoms with Crippen LogP contribution in [0.25, 0.3) is 10.9 Å². The van der Waals surface area contributed by atoms with Crippen molar-refractivity contribution in [2.75, 3.05) is 0 Å². The SMILES string of the molecule is CC(CCc1cccc(F)c1)C(=O)NC(Cc1c[nH]c2ccccc12)C(=O)O. The number of rotatable bonds is 8. The lowest BCUT2D eigenvalue weighted by Gasteiger charge is -2.18. The molecule has 1 amide bonds. The normalized spacial score (nSPS) is 13.2. The van der Waals surface area contributed by atoms with Crippen LogP contribution in [-0.2, 0) is 22.4 Å². The Labute approximate surface area is 162 Å². The molecule has 1 heterocycles. The zero-order valence-corrected chi connectivity index (χ0v) is 15.6. The van der Waals surface area contributed by atoms with Crippen molar-refractivity contribution in [2.24, 2.45) is 5.92 Å². The van der Waals surface area contributed by atoms with Crippen molar-refractivity contribution >= 4 is 22.8 Å². The Hall–Kier alpha value is -3.15. The quantitative estimate of drug-likeness (QED) is 0.556. The Bertz CT molecular complexity index is 983. The molecular weight excluding hydrogens is 359 g/mol. The van der Waals surface area contributed by atoms with Gasteiger partial charge in [0.1, 0.15) is 11.9 Å². The van der Waals surface area contributed by atoms with Gasteiger partial charge in [0.05, 0.1) is 0 Å². The van der Waals surface area contributed by atoms with E-state index in [9.17, 15) is 19.1 Å². The second kappa shape index (κ2) is 8.69. The number of amides is 1. The van der Waals surface area contributed by atoms with Crippen molar-refractivity contribution in [2.45, 2.75) is 32.2 Å². The number of hydrogen-bond donors (Lipinski definition) is 3. The van der Waals surface area contributed by atoms with Crippen LogP contribution >= 0.6 is 0 Å². The minimum Gasteiger partial charge on any atom is -0.480 e. The van der Waals surface area contributed by atoms with Crippen molar-refractivity contribution in [1.29, 1.82) is 0 Å².